The Hall–Kier alpha value is -0.610. The highest BCUT2D eigenvalue weighted by Gasteiger charge is 2.40. The predicted molar refractivity (Wildman–Crippen MR) is 81.0 cm³/mol. The van der Waals surface area contributed by atoms with Crippen molar-refractivity contribution in [1.82, 2.24) is 10.2 Å². The molecule has 1 unspecified atom stereocenters. The number of hydrogen-bond donors (Lipinski definition) is 2. The third-order valence-electron chi connectivity index (χ3n) is 4.85. The van der Waals surface area contributed by atoms with Crippen molar-refractivity contribution in [2.45, 2.75) is 76.3 Å². The molecule has 1 aliphatic carbocycles. The Bertz CT molecular complexity index is 310. The fourth-order valence-electron chi connectivity index (χ4n) is 3.25. The zero-order chi connectivity index (χ0) is 14.4. The molecule has 4 heteroatoms. The van der Waals surface area contributed by atoms with E-state index >= 15 is 0 Å². The number of nitrogens with one attached hydrogen (secondary N) is 1. The SMILES string of the molecule is CCC(CCCN1CCCCCC1)(NC1CC1)C(=O)O. The third-order valence-corrected chi connectivity index (χ3v) is 4.85. The predicted octanol–water partition coefficient (Wildman–Crippen LogP) is 2.63. The van der Waals surface area contributed by atoms with Crippen molar-refractivity contribution in [2.24, 2.45) is 0 Å². The number of rotatable bonds is 8. The maximum atomic E-state index is 11.7. The highest BCUT2D eigenvalue weighted by molar-refractivity contribution is 5.78. The molecule has 2 rings (SSSR count). The molecule has 0 bridgehead atoms. The first kappa shape index (κ1) is 15.8. The molecule has 2 fully saturated rings. The molecule has 1 atom stereocenters. The Morgan fingerprint density at radius 1 is 1.25 bits per heavy atom. The lowest BCUT2D eigenvalue weighted by molar-refractivity contribution is -0.145. The first-order valence-electron chi connectivity index (χ1n) is 8.40. The number of nitrogens with zero attached hydrogens (tertiary/aromatic N) is 1. The Morgan fingerprint density at radius 3 is 2.40 bits per heavy atom. The molecule has 4 nitrogen and oxygen atoms in total. The van der Waals surface area contributed by atoms with E-state index in [9.17, 15) is 9.90 Å². The van der Waals surface area contributed by atoms with E-state index in [1.165, 1.54) is 38.8 Å². The third kappa shape index (κ3) is 4.45. The van der Waals surface area contributed by atoms with Crippen molar-refractivity contribution in [3.05, 3.63) is 0 Å². The fraction of sp³-hybridized carbons (Fsp3) is 0.938. The molecule has 2 N–H and O–H groups in total. The number of carboxylic acids is 1. The maximum Gasteiger partial charge on any atom is 0.323 e. The van der Waals surface area contributed by atoms with Crippen LogP contribution in [0.5, 0.6) is 0 Å². The summed E-state index contributed by atoms with van der Waals surface area (Å²) in [4.78, 5) is 14.2. The Labute approximate surface area is 122 Å². The molecular weight excluding hydrogens is 252 g/mol. The van der Waals surface area contributed by atoms with Crippen LogP contribution in [0.25, 0.3) is 0 Å². The summed E-state index contributed by atoms with van der Waals surface area (Å²) in [5.41, 5.74) is -0.687. The van der Waals surface area contributed by atoms with Crippen LogP contribution in [0.3, 0.4) is 0 Å². The molecule has 1 aliphatic heterocycles. The second-order valence-electron chi connectivity index (χ2n) is 6.52. The number of carboxylic acid groups (broad SMARTS) is 1. The van der Waals surface area contributed by atoms with Gasteiger partial charge in [-0.3, -0.25) is 10.1 Å². The van der Waals surface area contributed by atoms with Gasteiger partial charge < -0.3 is 10.0 Å². The van der Waals surface area contributed by atoms with Crippen molar-refractivity contribution >= 4 is 5.97 Å². The first-order valence-corrected chi connectivity index (χ1v) is 8.40. The molecule has 0 aromatic carbocycles. The van der Waals surface area contributed by atoms with Crippen LogP contribution in [0.1, 0.15) is 64.7 Å². The summed E-state index contributed by atoms with van der Waals surface area (Å²) in [5, 5.41) is 13.0. The van der Waals surface area contributed by atoms with E-state index in [2.05, 4.69) is 10.2 Å². The molecule has 0 spiro atoms. The van der Waals surface area contributed by atoms with Gasteiger partial charge >= 0.3 is 5.97 Å². The second kappa shape index (κ2) is 7.41. The van der Waals surface area contributed by atoms with Gasteiger partial charge in [-0.05, 0) is 64.6 Å². The molecule has 2 aliphatic rings. The van der Waals surface area contributed by atoms with Gasteiger partial charge in [0.1, 0.15) is 5.54 Å². The lowest BCUT2D eigenvalue weighted by atomic mass is 9.90. The number of hydrogen-bond acceptors (Lipinski definition) is 3. The van der Waals surface area contributed by atoms with E-state index in [1.807, 2.05) is 6.92 Å². The van der Waals surface area contributed by atoms with Gasteiger partial charge in [0, 0.05) is 6.04 Å². The van der Waals surface area contributed by atoms with Crippen molar-refractivity contribution in [3.63, 3.8) is 0 Å². The van der Waals surface area contributed by atoms with Gasteiger partial charge in [-0.15, -0.1) is 0 Å². The van der Waals surface area contributed by atoms with Crippen LogP contribution in [0, 0.1) is 0 Å². The van der Waals surface area contributed by atoms with E-state index in [0.29, 0.717) is 12.5 Å². The molecule has 0 aromatic heterocycles. The van der Waals surface area contributed by atoms with Gasteiger partial charge in [-0.2, -0.15) is 0 Å². The average molecular weight is 282 g/mol. The zero-order valence-corrected chi connectivity index (χ0v) is 12.9. The highest BCUT2D eigenvalue weighted by atomic mass is 16.4. The monoisotopic (exact) mass is 282 g/mol. The van der Waals surface area contributed by atoms with Crippen molar-refractivity contribution in [3.8, 4) is 0 Å². The van der Waals surface area contributed by atoms with Crippen molar-refractivity contribution in [2.75, 3.05) is 19.6 Å². The smallest absolute Gasteiger partial charge is 0.323 e. The number of carbonyl (C=O) groups is 1. The van der Waals surface area contributed by atoms with Gasteiger partial charge in [0.05, 0.1) is 0 Å². The first-order chi connectivity index (χ1) is 9.66. The summed E-state index contributed by atoms with van der Waals surface area (Å²) >= 11 is 0. The summed E-state index contributed by atoms with van der Waals surface area (Å²) in [7, 11) is 0. The molecular formula is C16H30N2O2. The summed E-state index contributed by atoms with van der Waals surface area (Å²) in [6.07, 6.45) is 10.0. The molecule has 1 heterocycles. The Morgan fingerprint density at radius 2 is 1.90 bits per heavy atom. The molecule has 116 valence electrons. The van der Waals surface area contributed by atoms with Crippen LogP contribution in [0.2, 0.25) is 0 Å². The Balaban J connectivity index is 1.79. The lowest BCUT2D eigenvalue weighted by Crippen LogP contribution is -2.53. The average Bonchev–Trinajstić information content (AvgIpc) is 3.24. The van der Waals surface area contributed by atoms with Crippen molar-refractivity contribution < 1.29 is 9.90 Å². The van der Waals surface area contributed by atoms with Gasteiger partial charge in [0.25, 0.3) is 0 Å². The van der Waals surface area contributed by atoms with Crippen LogP contribution in [-0.4, -0.2) is 47.2 Å². The van der Waals surface area contributed by atoms with Crippen LogP contribution in [-0.2, 0) is 4.79 Å². The summed E-state index contributed by atoms with van der Waals surface area (Å²) in [6, 6.07) is 0.448. The second-order valence-corrected chi connectivity index (χ2v) is 6.52. The lowest BCUT2D eigenvalue weighted by Gasteiger charge is -2.31. The summed E-state index contributed by atoms with van der Waals surface area (Å²) < 4.78 is 0. The fourth-order valence-corrected chi connectivity index (χ4v) is 3.25. The minimum atomic E-state index is -0.687. The molecule has 20 heavy (non-hydrogen) atoms. The van der Waals surface area contributed by atoms with Gasteiger partial charge in [0.2, 0.25) is 0 Å². The standard InChI is InChI=1S/C16H30N2O2/c1-2-16(15(19)20,17-14-8-9-14)10-7-13-18-11-5-3-4-6-12-18/h14,17H,2-13H2,1H3,(H,19,20). The van der Waals surface area contributed by atoms with Crippen molar-refractivity contribution in [1.29, 1.82) is 0 Å². The zero-order valence-electron chi connectivity index (χ0n) is 12.9. The highest BCUT2D eigenvalue weighted by Crippen LogP contribution is 2.27. The minimum Gasteiger partial charge on any atom is -0.480 e. The largest absolute Gasteiger partial charge is 0.480 e. The van der Waals surface area contributed by atoms with Gasteiger partial charge in [-0.1, -0.05) is 19.8 Å². The molecule has 1 saturated heterocycles. The van der Waals surface area contributed by atoms with Crippen LogP contribution < -0.4 is 5.32 Å². The summed E-state index contributed by atoms with van der Waals surface area (Å²) in [6.45, 7) is 5.45. The normalized spacial score (nSPS) is 24.1. The van der Waals surface area contributed by atoms with Gasteiger partial charge in [0.15, 0.2) is 0 Å². The molecule has 1 saturated carbocycles. The Kier molecular flexibility index (Phi) is 5.85. The van der Waals surface area contributed by atoms with E-state index < -0.39 is 11.5 Å². The quantitative estimate of drug-likeness (QED) is 0.718. The molecule has 0 aromatic rings. The summed E-state index contributed by atoms with van der Waals surface area (Å²) in [5.74, 6) is -0.664. The number of aliphatic carboxylic acids is 1. The van der Waals surface area contributed by atoms with E-state index in [0.717, 1.165) is 32.2 Å². The van der Waals surface area contributed by atoms with Crippen LogP contribution in [0.15, 0.2) is 0 Å². The molecule has 0 radical (unpaired) electrons. The maximum absolute atomic E-state index is 11.7. The van der Waals surface area contributed by atoms with E-state index in [1.54, 1.807) is 0 Å². The minimum absolute atomic E-state index is 0.448. The van der Waals surface area contributed by atoms with Crippen LogP contribution in [0.4, 0.5) is 0 Å². The van der Waals surface area contributed by atoms with Crippen LogP contribution >= 0.6 is 0 Å². The number of likely N-dealkylation sites (tertiary alicyclic amines) is 1. The van der Waals surface area contributed by atoms with E-state index in [-0.39, 0.29) is 0 Å². The molecule has 0 amide bonds. The van der Waals surface area contributed by atoms with E-state index in [4.69, 9.17) is 0 Å². The van der Waals surface area contributed by atoms with Gasteiger partial charge in [-0.25, -0.2) is 0 Å². The topological polar surface area (TPSA) is 52.6 Å².